The third-order valence-electron chi connectivity index (χ3n) is 4.37. The van der Waals surface area contributed by atoms with Crippen molar-refractivity contribution >= 4 is 11.9 Å². The number of hydrogen-bond acceptors (Lipinski definition) is 3. The number of likely N-dealkylation sites (tertiary alicyclic amines) is 1. The van der Waals surface area contributed by atoms with Gasteiger partial charge in [-0.1, -0.05) is 6.42 Å². The van der Waals surface area contributed by atoms with Gasteiger partial charge in [0.05, 0.1) is 12.5 Å². The van der Waals surface area contributed by atoms with Gasteiger partial charge in [-0.2, -0.15) is 0 Å². The Morgan fingerprint density at radius 3 is 2.53 bits per heavy atom. The Hall–Kier alpha value is -1.10. The van der Waals surface area contributed by atoms with Crippen molar-refractivity contribution in [2.45, 2.75) is 38.5 Å². The number of rotatable bonds is 5. The van der Waals surface area contributed by atoms with E-state index in [0.29, 0.717) is 13.1 Å². The highest BCUT2D eigenvalue weighted by molar-refractivity contribution is 5.78. The number of amides is 1. The van der Waals surface area contributed by atoms with Crippen molar-refractivity contribution < 1.29 is 14.7 Å². The third kappa shape index (κ3) is 3.93. The molecule has 2 fully saturated rings. The maximum atomic E-state index is 11.9. The van der Waals surface area contributed by atoms with Gasteiger partial charge in [-0.3, -0.25) is 9.59 Å². The van der Waals surface area contributed by atoms with E-state index in [0.717, 1.165) is 45.2 Å². The van der Waals surface area contributed by atoms with Crippen LogP contribution in [0, 0.1) is 11.8 Å². The summed E-state index contributed by atoms with van der Waals surface area (Å²) in [5, 5.41) is 12.2. The number of carboxylic acid groups (broad SMARTS) is 1. The van der Waals surface area contributed by atoms with Crippen LogP contribution >= 0.6 is 0 Å². The molecule has 1 aliphatic heterocycles. The Bertz CT molecular complexity index is 327. The first-order valence-corrected chi connectivity index (χ1v) is 7.40. The minimum atomic E-state index is -0.688. The molecule has 0 aromatic rings. The van der Waals surface area contributed by atoms with E-state index in [-0.39, 0.29) is 17.7 Å². The number of carbonyl (C=O) groups excluding carboxylic acids is 1. The van der Waals surface area contributed by atoms with Crippen molar-refractivity contribution in [2.75, 3.05) is 26.2 Å². The fourth-order valence-corrected chi connectivity index (χ4v) is 3.23. The Kier molecular flexibility index (Phi) is 5.19. The largest absolute Gasteiger partial charge is 0.481 e. The summed E-state index contributed by atoms with van der Waals surface area (Å²) in [7, 11) is 0. The normalized spacial score (nSPS) is 27.5. The highest BCUT2D eigenvalue weighted by Gasteiger charge is 2.32. The molecule has 0 spiro atoms. The first-order valence-electron chi connectivity index (χ1n) is 7.40. The molecule has 0 aromatic carbocycles. The zero-order chi connectivity index (χ0) is 13.7. The fourth-order valence-electron chi connectivity index (χ4n) is 3.23. The van der Waals surface area contributed by atoms with Gasteiger partial charge >= 0.3 is 5.97 Å². The maximum Gasteiger partial charge on any atom is 0.306 e. The van der Waals surface area contributed by atoms with Crippen LogP contribution in [0.2, 0.25) is 0 Å². The number of hydrogen-bond donors (Lipinski definition) is 2. The molecule has 108 valence electrons. The topological polar surface area (TPSA) is 69.6 Å². The van der Waals surface area contributed by atoms with Gasteiger partial charge in [0.2, 0.25) is 5.91 Å². The highest BCUT2D eigenvalue weighted by atomic mass is 16.4. The summed E-state index contributed by atoms with van der Waals surface area (Å²) in [5.74, 6) is -0.569. The van der Waals surface area contributed by atoms with E-state index in [4.69, 9.17) is 5.11 Å². The fraction of sp³-hybridized carbons (Fsp3) is 0.857. The zero-order valence-corrected chi connectivity index (χ0v) is 11.4. The van der Waals surface area contributed by atoms with Gasteiger partial charge in [-0.05, 0) is 44.6 Å². The number of carbonyl (C=O) groups is 2. The minimum absolute atomic E-state index is 0.157. The molecule has 0 bridgehead atoms. The minimum Gasteiger partial charge on any atom is -0.481 e. The average molecular weight is 268 g/mol. The number of nitrogens with zero attached hydrogens (tertiary/aromatic N) is 1. The molecule has 2 N–H and O–H groups in total. The Balaban J connectivity index is 1.68. The lowest BCUT2D eigenvalue weighted by molar-refractivity contribution is -0.142. The molecule has 0 radical (unpaired) electrons. The van der Waals surface area contributed by atoms with Crippen LogP contribution in [-0.4, -0.2) is 48.1 Å². The lowest BCUT2D eigenvalue weighted by Gasteiger charge is -2.27. The van der Waals surface area contributed by atoms with Crippen LogP contribution in [0.15, 0.2) is 0 Å². The van der Waals surface area contributed by atoms with Gasteiger partial charge in [0.1, 0.15) is 0 Å². The average Bonchev–Trinajstić information content (AvgIpc) is 2.88. The lowest BCUT2D eigenvalue weighted by Crippen LogP contribution is -2.42. The molecule has 1 saturated carbocycles. The summed E-state index contributed by atoms with van der Waals surface area (Å²) in [5.41, 5.74) is 0. The van der Waals surface area contributed by atoms with Crippen LogP contribution in [-0.2, 0) is 9.59 Å². The summed E-state index contributed by atoms with van der Waals surface area (Å²) >= 11 is 0. The van der Waals surface area contributed by atoms with E-state index in [2.05, 4.69) is 5.32 Å². The van der Waals surface area contributed by atoms with Crippen LogP contribution < -0.4 is 5.32 Å². The van der Waals surface area contributed by atoms with E-state index in [1.165, 1.54) is 6.42 Å². The highest BCUT2D eigenvalue weighted by Crippen LogP contribution is 2.31. The van der Waals surface area contributed by atoms with Crippen LogP contribution in [0.4, 0.5) is 0 Å². The van der Waals surface area contributed by atoms with E-state index in [1.54, 1.807) is 0 Å². The summed E-state index contributed by atoms with van der Waals surface area (Å²) in [6, 6.07) is 0. The summed E-state index contributed by atoms with van der Waals surface area (Å²) in [6.07, 6.45) is 6.16. The van der Waals surface area contributed by atoms with Crippen LogP contribution in [0.5, 0.6) is 0 Å². The van der Waals surface area contributed by atoms with Crippen molar-refractivity contribution in [1.82, 2.24) is 10.2 Å². The number of aliphatic carboxylic acids is 1. The monoisotopic (exact) mass is 268 g/mol. The van der Waals surface area contributed by atoms with Gasteiger partial charge in [0, 0.05) is 13.1 Å². The second-order valence-corrected chi connectivity index (χ2v) is 5.71. The van der Waals surface area contributed by atoms with Gasteiger partial charge < -0.3 is 15.3 Å². The van der Waals surface area contributed by atoms with E-state index < -0.39 is 5.97 Å². The van der Waals surface area contributed by atoms with Crippen LogP contribution in [0.1, 0.15) is 38.5 Å². The van der Waals surface area contributed by atoms with Crippen molar-refractivity contribution in [3.05, 3.63) is 0 Å². The molecule has 1 amide bonds. The smallest absolute Gasteiger partial charge is 0.306 e. The van der Waals surface area contributed by atoms with Crippen LogP contribution in [0.25, 0.3) is 0 Å². The number of carboxylic acids is 1. The van der Waals surface area contributed by atoms with Crippen LogP contribution in [0.3, 0.4) is 0 Å². The van der Waals surface area contributed by atoms with Crippen molar-refractivity contribution in [1.29, 1.82) is 0 Å². The Morgan fingerprint density at radius 2 is 1.84 bits per heavy atom. The Morgan fingerprint density at radius 1 is 1.11 bits per heavy atom. The second kappa shape index (κ2) is 6.89. The Labute approximate surface area is 114 Å². The first-order chi connectivity index (χ1) is 9.18. The van der Waals surface area contributed by atoms with E-state index >= 15 is 0 Å². The zero-order valence-electron chi connectivity index (χ0n) is 11.4. The quantitative estimate of drug-likeness (QED) is 0.783. The summed E-state index contributed by atoms with van der Waals surface area (Å²) in [4.78, 5) is 24.9. The SMILES string of the molecule is O=C(O)C1CCCC1CNCC(=O)N1CCCCC1. The third-order valence-corrected chi connectivity index (χ3v) is 4.37. The first kappa shape index (κ1) is 14.3. The number of nitrogens with one attached hydrogen (secondary N) is 1. The molecule has 2 unspecified atom stereocenters. The molecule has 0 aromatic heterocycles. The standard InChI is InChI=1S/C14H24N2O3/c17-13(16-7-2-1-3-8-16)10-15-9-11-5-4-6-12(11)14(18)19/h11-12,15H,1-10H2,(H,18,19). The lowest BCUT2D eigenvalue weighted by atomic mass is 9.96. The van der Waals surface area contributed by atoms with Crippen molar-refractivity contribution in [3.8, 4) is 0 Å². The second-order valence-electron chi connectivity index (χ2n) is 5.71. The van der Waals surface area contributed by atoms with Crippen molar-refractivity contribution in [3.63, 3.8) is 0 Å². The molecule has 2 atom stereocenters. The van der Waals surface area contributed by atoms with Gasteiger partial charge in [-0.15, -0.1) is 0 Å². The van der Waals surface area contributed by atoms with Gasteiger partial charge in [0.25, 0.3) is 0 Å². The number of piperidine rings is 1. The molecule has 2 aliphatic rings. The van der Waals surface area contributed by atoms with E-state index in [1.807, 2.05) is 4.90 Å². The summed E-state index contributed by atoms with van der Waals surface area (Å²) in [6.45, 7) is 2.75. The molecule has 1 saturated heterocycles. The molecule has 2 rings (SSSR count). The van der Waals surface area contributed by atoms with Gasteiger partial charge in [-0.25, -0.2) is 0 Å². The van der Waals surface area contributed by atoms with Crippen molar-refractivity contribution in [2.24, 2.45) is 11.8 Å². The van der Waals surface area contributed by atoms with Gasteiger partial charge in [0.15, 0.2) is 0 Å². The molecule has 19 heavy (non-hydrogen) atoms. The van der Waals surface area contributed by atoms with E-state index in [9.17, 15) is 9.59 Å². The molecule has 5 heteroatoms. The molecular formula is C14H24N2O3. The summed E-state index contributed by atoms with van der Waals surface area (Å²) < 4.78 is 0. The predicted molar refractivity (Wildman–Crippen MR) is 71.8 cm³/mol. The molecule has 1 heterocycles. The predicted octanol–water partition coefficient (Wildman–Crippen LogP) is 1.09. The maximum absolute atomic E-state index is 11.9. The molecular weight excluding hydrogens is 244 g/mol. The molecule has 1 aliphatic carbocycles. The molecule has 5 nitrogen and oxygen atoms in total.